The summed E-state index contributed by atoms with van der Waals surface area (Å²) in [5, 5.41) is 12.3. The van der Waals surface area contributed by atoms with E-state index in [4.69, 9.17) is 16.3 Å². The molecule has 0 aliphatic carbocycles. The molecule has 220 valence electrons. The molecule has 6 rings (SSSR count). The normalized spacial score (nSPS) is 19.7. The smallest absolute Gasteiger partial charge is 0.410 e. The van der Waals surface area contributed by atoms with Crippen molar-refractivity contribution in [3.63, 3.8) is 0 Å². The maximum Gasteiger partial charge on any atom is 0.410 e. The summed E-state index contributed by atoms with van der Waals surface area (Å²) in [6, 6.07) is 8.98. The molecule has 0 saturated carbocycles. The predicted molar refractivity (Wildman–Crippen MR) is 158 cm³/mol. The molecule has 1 atom stereocenters. The van der Waals surface area contributed by atoms with E-state index in [1.165, 1.54) is 0 Å². The van der Waals surface area contributed by atoms with Gasteiger partial charge in [0.15, 0.2) is 5.15 Å². The number of anilines is 3. The highest BCUT2D eigenvalue weighted by Crippen LogP contribution is 2.42. The van der Waals surface area contributed by atoms with Gasteiger partial charge < -0.3 is 15.0 Å². The molecule has 0 bridgehead atoms. The first-order valence-corrected chi connectivity index (χ1v) is 14.6. The number of nitrogens with one attached hydrogen (secondary N) is 2. The van der Waals surface area contributed by atoms with Crippen LogP contribution in [0.15, 0.2) is 36.5 Å². The summed E-state index contributed by atoms with van der Waals surface area (Å²) < 4.78 is 7.36. The molecule has 42 heavy (non-hydrogen) atoms. The first-order chi connectivity index (χ1) is 20.0. The number of rotatable bonds is 4. The maximum atomic E-state index is 13.1. The molecule has 3 aliphatic rings. The summed E-state index contributed by atoms with van der Waals surface area (Å²) in [5.41, 5.74) is 2.42. The largest absolute Gasteiger partial charge is 0.444 e. The van der Waals surface area contributed by atoms with Crippen molar-refractivity contribution in [1.82, 2.24) is 20.0 Å². The van der Waals surface area contributed by atoms with Gasteiger partial charge in [-0.25, -0.2) is 4.79 Å². The van der Waals surface area contributed by atoms with Crippen molar-refractivity contribution in [2.24, 2.45) is 0 Å². The zero-order valence-corrected chi connectivity index (χ0v) is 24.5. The molecule has 12 heteroatoms. The Morgan fingerprint density at radius 1 is 1.05 bits per heavy atom. The van der Waals surface area contributed by atoms with Gasteiger partial charge in [0.25, 0.3) is 0 Å². The van der Waals surface area contributed by atoms with Crippen LogP contribution in [-0.4, -0.2) is 63.2 Å². The molecule has 1 unspecified atom stereocenters. The molecule has 2 saturated heterocycles. The Balaban J connectivity index is 1.23. The SMILES string of the molecule is CC(C)(C)OC(=O)N1CCC(n2cc(Nc3cccc4c5c(ccc34)CC(=O)N5C3CCC(=O)NC3=O)c(Cl)n2)CC1. The quantitative estimate of drug-likeness (QED) is 0.421. The maximum absolute atomic E-state index is 13.1. The van der Waals surface area contributed by atoms with E-state index in [2.05, 4.69) is 15.7 Å². The average molecular weight is 593 g/mol. The Morgan fingerprint density at radius 2 is 1.81 bits per heavy atom. The van der Waals surface area contributed by atoms with Gasteiger partial charge >= 0.3 is 6.09 Å². The average Bonchev–Trinajstić information content (AvgIpc) is 3.47. The van der Waals surface area contributed by atoms with Crippen molar-refractivity contribution in [2.45, 2.75) is 70.6 Å². The van der Waals surface area contributed by atoms with Crippen LogP contribution in [-0.2, 0) is 25.5 Å². The summed E-state index contributed by atoms with van der Waals surface area (Å²) in [5.74, 6) is -0.930. The summed E-state index contributed by atoms with van der Waals surface area (Å²) in [4.78, 5) is 53.2. The number of aromatic nitrogens is 2. The van der Waals surface area contributed by atoms with Crippen LogP contribution in [0.4, 0.5) is 21.9 Å². The molecule has 11 nitrogen and oxygen atoms in total. The second-order valence-electron chi connectivity index (χ2n) is 12.0. The number of carbonyl (C=O) groups excluding carboxylic acids is 4. The lowest BCUT2D eigenvalue weighted by molar-refractivity contribution is -0.135. The minimum absolute atomic E-state index is 0.0839. The van der Waals surface area contributed by atoms with Crippen LogP contribution < -0.4 is 15.5 Å². The molecular formula is C30H33ClN6O5. The molecule has 2 N–H and O–H groups in total. The molecule has 0 spiro atoms. The summed E-state index contributed by atoms with van der Waals surface area (Å²) >= 11 is 6.58. The van der Waals surface area contributed by atoms with Crippen molar-refractivity contribution in [3.8, 4) is 0 Å². The number of nitrogens with zero attached hydrogens (tertiary/aromatic N) is 4. The monoisotopic (exact) mass is 592 g/mol. The zero-order valence-electron chi connectivity index (χ0n) is 23.8. The van der Waals surface area contributed by atoms with Gasteiger partial charge in [-0.1, -0.05) is 35.9 Å². The van der Waals surface area contributed by atoms with Crippen LogP contribution in [0.2, 0.25) is 5.15 Å². The number of likely N-dealkylation sites (tertiary alicyclic amines) is 1. The van der Waals surface area contributed by atoms with Crippen molar-refractivity contribution in [1.29, 1.82) is 0 Å². The van der Waals surface area contributed by atoms with Gasteiger partial charge in [-0.05, 0) is 51.7 Å². The molecule has 2 aromatic carbocycles. The Kier molecular flexibility index (Phi) is 7.08. The lowest BCUT2D eigenvalue weighted by atomic mass is 10.00. The van der Waals surface area contributed by atoms with Crippen LogP contribution in [0.1, 0.15) is 58.1 Å². The topological polar surface area (TPSA) is 126 Å². The zero-order chi connectivity index (χ0) is 29.8. The van der Waals surface area contributed by atoms with Gasteiger partial charge in [0.2, 0.25) is 17.7 Å². The van der Waals surface area contributed by atoms with E-state index in [9.17, 15) is 19.2 Å². The Morgan fingerprint density at radius 3 is 2.52 bits per heavy atom. The number of ether oxygens (including phenoxy) is 1. The fourth-order valence-corrected chi connectivity index (χ4v) is 6.16. The van der Waals surface area contributed by atoms with E-state index in [1.54, 1.807) is 9.80 Å². The summed E-state index contributed by atoms with van der Waals surface area (Å²) in [6.45, 7) is 6.70. The third-order valence-corrected chi connectivity index (χ3v) is 8.22. The number of hydrogen-bond acceptors (Lipinski definition) is 7. The summed E-state index contributed by atoms with van der Waals surface area (Å²) in [6.07, 6.45) is 3.70. The second-order valence-corrected chi connectivity index (χ2v) is 12.4. The number of fused-ring (bicyclic) bond motifs is 3. The molecule has 4 amide bonds. The van der Waals surface area contributed by atoms with E-state index in [0.29, 0.717) is 29.6 Å². The van der Waals surface area contributed by atoms with Crippen LogP contribution >= 0.6 is 11.6 Å². The van der Waals surface area contributed by atoms with E-state index >= 15 is 0 Å². The number of amides is 4. The van der Waals surface area contributed by atoms with Gasteiger partial charge in [-0.3, -0.25) is 29.3 Å². The van der Waals surface area contributed by atoms with Crippen molar-refractivity contribution in [3.05, 3.63) is 47.2 Å². The van der Waals surface area contributed by atoms with Gasteiger partial charge in [0.1, 0.15) is 11.6 Å². The van der Waals surface area contributed by atoms with E-state index in [0.717, 1.165) is 34.9 Å². The molecule has 2 fully saturated rings. The van der Waals surface area contributed by atoms with Crippen LogP contribution in [0.3, 0.4) is 0 Å². The third-order valence-electron chi connectivity index (χ3n) is 7.94. The fourth-order valence-electron chi connectivity index (χ4n) is 5.98. The van der Waals surface area contributed by atoms with Crippen LogP contribution in [0.25, 0.3) is 10.8 Å². The second kappa shape index (κ2) is 10.6. The van der Waals surface area contributed by atoms with Crippen molar-refractivity contribution >= 4 is 63.3 Å². The first kappa shape index (κ1) is 28.0. The molecule has 0 radical (unpaired) electrons. The predicted octanol–water partition coefficient (Wildman–Crippen LogP) is 4.70. The van der Waals surface area contributed by atoms with E-state index < -0.39 is 17.6 Å². The number of imide groups is 1. The Bertz CT molecular complexity index is 1600. The van der Waals surface area contributed by atoms with Gasteiger partial charge in [-0.15, -0.1) is 0 Å². The number of hydrogen-bond donors (Lipinski definition) is 2. The molecule has 1 aromatic heterocycles. The number of benzene rings is 2. The Labute approximate surface area is 248 Å². The number of carbonyl (C=O) groups is 4. The highest BCUT2D eigenvalue weighted by Gasteiger charge is 2.40. The Hall–Kier alpha value is -4.12. The van der Waals surface area contributed by atoms with Crippen molar-refractivity contribution in [2.75, 3.05) is 23.3 Å². The lowest BCUT2D eigenvalue weighted by Crippen LogP contribution is -2.53. The van der Waals surface area contributed by atoms with Crippen LogP contribution in [0, 0.1) is 0 Å². The minimum atomic E-state index is -0.729. The highest BCUT2D eigenvalue weighted by atomic mass is 35.5. The number of piperidine rings is 2. The van der Waals surface area contributed by atoms with Gasteiger partial charge in [0, 0.05) is 36.0 Å². The third kappa shape index (κ3) is 5.29. The van der Waals surface area contributed by atoms with E-state index in [1.807, 2.05) is 62.0 Å². The summed E-state index contributed by atoms with van der Waals surface area (Å²) in [7, 11) is 0. The molecule has 4 heterocycles. The van der Waals surface area contributed by atoms with Gasteiger partial charge in [0.05, 0.1) is 30.0 Å². The fraction of sp³-hybridized carbons (Fsp3) is 0.433. The molecular weight excluding hydrogens is 560 g/mol. The van der Waals surface area contributed by atoms with Gasteiger partial charge in [-0.2, -0.15) is 5.10 Å². The molecule has 3 aromatic rings. The van der Waals surface area contributed by atoms with Crippen LogP contribution in [0.5, 0.6) is 0 Å². The number of halogens is 1. The first-order valence-electron chi connectivity index (χ1n) is 14.2. The lowest BCUT2D eigenvalue weighted by Gasteiger charge is -2.33. The standard InChI is InChI=1S/C30H33ClN6O5/c1-30(2,3)42-29(41)35-13-11-18(12-14-35)36-16-22(27(31)34-36)32-21-6-4-5-20-19(21)8-7-17-15-25(39)37(26(17)20)23-9-10-24(38)33-28(23)40/h4-8,16,18,23,32H,9-15H2,1-3H3,(H,33,38,40). The van der Waals surface area contributed by atoms with E-state index in [-0.39, 0.29) is 43.2 Å². The molecule has 3 aliphatic heterocycles. The minimum Gasteiger partial charge on any atom is -0.444 e. The highest BCUT2D eigenvalue weighted by molar-refractivity contribution is 6.32. The van der Waals surface area contributed by atoms with Crippen molar-refractivity contribution < 1.29 is 23.9 Å².